The fourth-order valence-corrected chi connectivity index (χ4v) is 1.90. The SMILES string of the molecule is CCOC(=O)[C@@H](N)CCCCNC(=O)NCc1ccccc1. The lowest BCUT2D eigenvalue weighted by atomic mass is 10.1. The third-order valence-corrected chi connectivity index (χ3v) is 3.11. The van der Waals surface area contributed by atoms with Crippen LogP contribution in [0.15, 0.2) is 30.3 Å². The highest BCUT2D eigenvalue weighted by molar-refractivity contribution is 5.75. The second kappa shape index (κ2) is 10.6. The van der Waals surface area contributed by atoms with Crippen LogP contribution in [0.5, 0.6) is 0 Å². The van der Waals surface area contributed by atoms with Crippen LogP contribution >= 0.6 is 0 Å². The van der Waals surface area contributed by atoms with Crippen LogP contribution in [-0.2, 0) is 16.1 Å². The molecule has 4 N–H and O–H groups in total. The van der Waals surface area contributed by atoms with Crippen molar-refractivity contribution in [3.63, 3.8) is 0 Å². The van der Waals surface area contributed by atoms with Crippen LogP contribution in [0.25, 0.3) is 0 Å². The van der Waals surface area contributed by atoms with E-state index >= 15 is 0 Å². The molecule has 0 aliphatic rings. The molecule has 0 spiro atoms. The lowest BCUT2D eigenvalue weighted by Gasteiger charge is -2.11. The summed E-state index contributed by atoms with van der Waals surface area (Å²) in [6.45, 7) is 3.15. The van der Waals surface area contributed by atoms with Gasteiger partial charge in [0.1, 0.15) is 6.04 Å². The van der Waals surface area contributed by atoms with Gasteiger partial charge in [-0.2, -0.15) is 0 Å². The molecule has 1 aromatic rings. The highest BCUT2D eigenvalue weighted by Crippen LogP contribution is 2.00. The zero-order chi connectivity index (χ0) is 16.2. The number of unbranched alkanes of at least 4 members (excludes halogenated alkanes) is 1. The minimum absolute atomic E-state index is 0.196. The molecule has 0 aromatic heterocycles. The summed E-state index contributed by atoms with van der Waals surface area (Å²) in [6.07, 6.45) is 2.09. The van der Waals surface area contributed by atoms with Crippen LogP contribution < -0.4 is 16.4 Å². The molecule has 0 heterocycles. The van der Waals surface area contributed by atoms with Gasteiger partial charge >= 0.3 is 12.0 Å². The quantitative estimate of drug-likeness (QED) is 0.476. The summed E-state index contributed by atoms with van der Waals surface area (Å²) in [4.78, 5) is 22.9. The molecule has 22 heavy (non-hydrogen) atoms. The Bertz CT molecular complexity index is 451. The van der Waals surface area contributed by atoms with Gasteiger partial charge in [0.25, 0.3) is 0 Å². The molecule has 0 aliphatic heterocycles. The maximum Gasteiger partial charge on any atom is 0.322 e. The molecule has 6 nitrogen and oxygen atoms in total. The Hall–Kier alpha value is -2.08. The van der Waals surface area contributed by atoms with Crippen molar-refractivity contribution in [2.75, 3.05) is 13.2 Å². The smallest absolute Gasteiger partial charge is 0.322 e. The number of hydrogen-bond acceptors (Lipinski definition) is 4. The van der Waals surface area contributed by atoms with Crippen LogP contribution in [0.2, 0.25) is 0 Å². The molecule has 0 unspecified atom stereocenters. The lowest BCUT2D eigenvalue weighted by molar-refractivity contribution is -0.144. The van der Waals surface area contributed by atoms with Crippen molar-refractivity contribution in [1.29, 1.82) is 0 Å². The predicted octanol–water partition coefficient (Wildman–Crippen LogP) is 1.55. The van der Waals surface area contributed by atoms with Gasteiger partial charge in [-0.05, 0) is 31.7 Å². The van der Waals surface area contributed by atoms with Crippen LogP contribution in [0, 0.1) is 0 Å². The third kappa shape index (κ3) is 7.64. The number of nitrogens with one attached hydrogen (secondary N) is 2. The van der Waals surface area contributed by atoms with E-state index in [1.807, 2.05) is 30.3 Å². The number of esters is 1. The Labute approximate surface area is 131 Å². The maximum absolute atomic E-state index is 11.6. The minimum Gasteiger partial charge on any atom is -0.465 e. The number of urea groups is 1. The van der Waals surface area contributed by atoms with Gasteiger partial charge in [0.15, 0.2) is 0 Å². The van der Waals surface area contributed by atoms with Crippen LogP contribution in [0.3, 0.4) is 0 Å². The number of ether oxygens (including phenoxy) is 1. The molecule has 0 aliphatic carbocycles. The van der Waals surface area contributed by atoms with E-state index in [2.05, 4.69) is 10.6 Å². The number of carbonyl (C=O) groups is 2. The summed E-state index contributed by atoms with van der Waals surface area (Å²) in [7, 11) is 0. The molecule has 1 rings (SSSR count). The molecule has 1 atom stereocenters. The van der Waals surface area contributed by atoms with Crippen LogP contribution in [0.4, 0.5) is 4.79 Å². The number of nitrogens with two attached hydrogens (primary N) is 1. The van der Waals surface area contributed by atoms with Gasteiger partial charge in [-0.25, -0.2) is 4.79 Å². The summed E-state index contributed by atoms with van der Waals surface area (Å²) < 4.78 is 4.83. The van der Waals surface area contributed by atoms with Crippen LogP contribution in [0.1, 0.15) is 31.7 Å². The fourth-order valence-electron chi connectivity index (χ4n) is 1.90. The third-order valence-electron chi connectivity index (χ3n) is 3.11. The van der Waals surface area contributed by atoms with Crippen molar-refractivity contribution >= 4 is 12.0 Å². The van der Waals surface area contributed by atoms with Gasteiger partial charge in [0.2, 0.25) is 0 Å². The predicted molar refractivity (Wildman–Crippen MR) is 85.1 cm³/mol. The van der Waals surface area contributed by atoms with E-state index in [0.29, 0.717) is 26.1 Å². The molecule has 0 radical (unpaired) electrons. The number of benzene rings is 1. The number of hydrogen-bond donors (Lipinski definition) is 3. The topological polar surface area (TPSA) is 93.4 Å². The fraction of sp³-hybridized carbons (Fsp3) is 0.500. The number of carbonyl (C=O) groups excluding carboxylic acids is 2. The van der Waals surface area contributed by atoms with Gasteiger partial charge < -0.3 is 21.1 Å². The second-order valence-corrected chi connectivity index (χ2v) is 4.95. The molecule has 0 saturated carbocycles. The number of rotatable bonds is 9. The number of amides is 2. The van der Waals surface area contributed by atoms with E-state index in [4.69, 9.17) is 10.5 Å². The molecule has 0 bridgehead atoms. The van der Waals surface area contributed by atoms with Crippen molar-refractivity contribution in [1.82, 2.24) is 10.6 Å². The summed E-state index contributed by atoms with van der Waals surface area (Å²) >= 11 is 0. The average molecular weight is 307 g/mol. The van der Waals surface area contributed by atoms with Gasteiger partial charge in [0.05, 0.1) is 6.61 Å². The largest absolute Gasteiger partial charge is 0.465 e. The van der Waals surface area contributed by atoms with Crippen molar-refractivity contribution in [2.45, 2.75) is 38.8 Å². The first-order valence-corrected chi connectivity index (χ1v) is 7.61. The first-order chi connectivity index (χ1) is 10.6. The van der Waals surface area contributed by atoms with Crippen molar-refractivity contribution in [2.24, 2.45) is 5.73 Å². The molecule has 0 saturated heterocycles. The van der Waals surface area contributed by atoms with Gasteiger partial charge in [-0.15, -0.1) is 0 Å². The first kappa shape index (κ1) is 18.0. The molecular weight excluding hydrogens is 282 g/mol. The van der Waals surface area contributed by atoms with Gasteiger partial charge in [-0.3, -0.25) is 4.79 Å². The first-order valence-electron chi connectivity index (χ1n) is 7.61. The molecule has 0 fully saturated rings. The standard InChI is InChI=1S/C16H25N3O3/c1-2-22-15(20)14(17)10-6-7-11-18-16(21)19-12-13-8-4-3-5-9-13/h3-5,8-9,14H,2,6-7,10-12,17H2,1H3,(H2,18,19,21)/t14-/m0/s1. The van der Waals surface area contributed by atoms with E-state index in [9.17, 15) is 9.59 Å². The highest BCUT2D eigenvalue weighted by Gasteiger charge is 2.13. The van der Waals surface area contributed by atoms with Crippen molar-refractivity contribution in [3.8, 4) is 0 Å². The average Bonchev–Trinajstić information content (AvgIpc) is 2.53. The Balaban J connectivity index is 2.04. The summed E-state index contributed by atoms with van der Waals surface area (Å²) in [5.41, 5.74) is 6.74. The highest BCUT2D eigenvalue weighted by atomic mass is 16.5. The van der Waals surface area contributed by atoms with E-state index in [0.717, 1.165) is 18.4 Å². The molecular formula is C16H25N3O3. The minimum atomic E-state index is -0.577. The Morgan fingerprint density at radius 3 is 2.59 bits per heavy atom. The summed E-state index contributed by atoms with van der Waals surface area (Å²) in [5, 5.41) is 5.56. The monoisotopic (exact) mass is 307 g/mol. The van der Waals surface area contributed by atoms with Crippen molar-refractivity contribution in [3.05, 3.63) is 35.9 Å². The van der Waals surface area contributed by atoms with E-state index in [1.54, 1.807) is 6.92 Å². The zero-order valence-electron chi connectivity index (χ0n) is 13.0. The lowest BCUT2D eigenvalue weighted by Crippen LogP contribution is -2.36. The Morgan fingerprint density at radius 1 is 1.18 bits per heavy atom. The van der Waals surface area contributed by atoms with Crippen molar-refractivity contribution < 1.29 is 14.3 Å². The van der Waals surface area contributed by atoms with Gasteiger partial charge in [0, 0.05) is 13.1 Å². The normalized spacial score (nSPS) is 11.5. The van der Waals surface area contributed by atoms with Gasteiger partial charge in [-0.1, -0.05) is 30.3 Å². The maximum atomic E-state index is 11.6. The van der Waals surface area contributed by atoms with E-state index in [-0.39, 0.29) is 12.0 Å². The van der Waals surface area contributed by atoms with E-state index in [1.165, 1.54) is 0 Å². The molecule has 6 heteroatoms. The molecule has 122 valence electrons. The Morgan fingerprint density at radius 2 is 1.91 bits per heavy atom. The zero-order valence-corrected chi connectivity index (χ0v) is 13.0. The van der Waals surface area contributed by atoms with E-state index < -0.39 is 6.04 Å². The van der Waals surface area contributed by atoms with Crippen LogP contribution in [-0.4, -0.2) is 31.2 Å². The summed E-state index contributed by atoms with van der Waals surface area (Å²) in [6, 6.07) is 8.94. The Kier molecular flexibility index (Phi) is 8.67. The molecule has 1 aromatic carbocycles. The molecule has 2 amide bonds. The second-order valence-electron chi connectivity index (χ2n) is 4.95. The summed E-state index contributed by atoms with van der Waals surface area (Å²) in [5.74, 6) is -0.365.